The van der Waals surface area contributed by atoms with Crippen molar-refractivity contribution in [2.24, 2.45) is 0 Å². The largest absolute Gasteiger partial charge is 0.399 e. The predicted octanol–water partition coefficient (Wildman–Crippen LogP) is 1.87. The molecule has 84 valence electrons. The van der Waals surface area contributed by atoms with E-state index in [1.54, 1.807) is 12.3 Å². The van der Waals surface area contributed by atoms with Crippen LogP contribution in [0.2, 0.25) is 0 Å². The van der Waals surface area contributed by atoms with Crippen LogP contribution < -0.4 is 5.73 Å². The van der Waals surface area contributed by atoms with Gasteiger partial charge in [0.25, 0.3) is 0 Å². The molecule has 1 aliphatic heterocycles. The molecule has 2 N–H and O–H groups in total. The first-order chi connectivity index (χ1) is 7.66. The van der Waals surface area contributed by atoms with Crippen LogP contribution in [0.4, 0.5) is 5.69 Å². The van der Waals surface area contributed by atoms with Crippen LogP contribution in [0.25, 0.3) is 0 Å². The Morgan fingerprint density at radius 1 is 1.50 bits per heavy atom. The van der Waals surface area contributed by atoms with E-state index in [-0.39, 0.29) is 0 Å². The molecule has 1 aromatic heterocycles. The minimum Gasteiger partial charge on any atom is -0.399 e. The number of pyridine rings is 1. The van der Waals surface area contributed by atoms with E-state index in [0.717, 1.165) is 31.6 Å². The predicted molar refractivity (Wildman–Crippen MR) is 70.8 cm³/mol. The highest BCUT2D eigenvalue weighted by molar-refractivity contribution is 14.1. The van der Waals surface area contributed by atoms with E-state index in [0.29, 0.717) is 5.69 Å². The van der Waals surface area contributed by atoms with Crippen LogP contribution in [-0.2, 0) is 5.41 Å². The third-order valence-corrected chi connectivity index (χ3v) is 4.02. The molecule has 0 bridgehead atoms. The Labute approximate surface area is 109 Å². The van der Waals surface area contributed by atoms with Gasteiger partial charge in [-0.25, -0.2) is 3.11 Å². The lowest BCUT2D eigenvalue weighted by molar-refractivity contribution is 0.308. The van der Waals surface area contributed by atoms with Gasteiger partial charge in [0.05, 0.1) is 11.8 Å². The van der Waals surface area contributed by atoms with Gasteiger partial charge in [0.1, 0.15) is 5.41 Å². The van der Waals surface area contributed by atoms with Gasteiger partial charge in [-0.15, -0.1) is 0 Å². The van der Waals surface area contributed by atoms with Crippen LogP contribution in [-0.4, -0.2) is 21.2 Å². The number of nitriles is 1. The summed E-state index contributed by atoms with van der Waals surface area (Å²) in [5.74, 6) is 0. The van der Waals surface area contributed by atoms with Crippen molar-refractivity contribution in [3.05, 3.63) is 24.0 Å². The van der Waals surface area contributed by atoms with Crippen molar-refractivity contribution in [2.75, 3.05) is 18.8 Å². The summed E-state index contributed by atoms with van der Waals surface area (Å²) in [4.78, 5) is 4.31. The van der Waals surface area contributed by atoms with E-state index in [1.807, 2.05) is 6.07 Å². The van der Waals surface area contributed by atoms with Crippen molar-refractivity contribution in [1.82, 2.24) is 8.10 Å². The summed E-state index contributed by atoms with van der Waals surface area (Å²) < 4.78 is 2.21. The van der Waals surface area contributed by atoms with Crippen molar-refractivity contribution in [3.63, 3.8) is 0 Å². The van der Waals surface area contributed by atoms with Gasteiger partial charge < -0.3 is 5.73 Å². The minimum absolute atomic E-state index is 0.447. The highest BCUT2D eigenvalue weighted by atomic mass is 127. The Hall–Kier alpha value is -0.870. The number of nitrogen functional groups attached to an aromatic ring is 1. The summed E-state index contributed by atoms with van der Waals surface area (Å²) in [6, 6.07) is 6.01. The Morgan fingerprint density at radius 2 is 2.19 bits per heavy atom. The molecule has 1 fully saturated rings. The maximum absolute atomic E-state index is 9.42. The molecule has 0 aliphatic carbocycles. The minimum atomic E-state index is -0.447. The molecule has 0 aromatic carbocycles. The SMILES string of the molecule is N#CC1(c2cc(N)ccn2)CCN(I)CC1. The summed E-state index contributed by atoms with van der Waals surface area (Å²) in [5.41, 5.74) is 6.79. The molecule has 2 heterocycles. The number of nitrogens with zero attached hydrogens (tertiary/aromatic N) is 3. The number of nitrogens with two attached hydrogens (primary N) is 1. The summed E-state index contributed by atoms with van der Waals surface area (Å²) in [5, 5.41) is 9.42. The van der Waals surface area contributed by atoms with Crippen LogP contribution in [0.15, 0.2) is 18.3 Å². The number of hydrogen-bond acceptors (Lipinski definition) is 4. The van der Waals surface area contributed by atoms with E-state index in [4.69, 9.17) is 5.73 Å². The van der Waals surface area contributed by atoms with E-state index >= 15 is 0 Å². The Morgan fingerprint density at radius 3 is 2.75 bits per heavy atom. The zero-order valence-corrected chi connectivity index (χ0v) is 11.0. The standard InChI is InChI=1S/C11H13IN4/c12-16-5-2-11(8-13,3-6-16)10-7-9(14)1-4-15-10/h1,4,7H,2-3,5-6H2,(H2,14,15). The zero-order chi connectivity index (χ0) is 11.6. The summed E-state index contributed by atoms with van der Waals surface area (Å²) in [7, 11) is 0. The average Bonchev–Trinajstić information content (AvgIpc) is 2.31. The smallest absolute Gasteiger partial charge is 0.102 e. The lowest BCUT2D eigenvalue weighted by Crippen LogP contribution is -2.38. The monoisotopic (exact) mass is 328 g/mol. The van der Waals surface area contributed by atoms with Gasteiger partial charge in [0.2, 0.25) is 0 Å². The molecule has 1 aromatic rings. The quantitative estimate of drug-likeness (QED) is 0.631. The normalized spacial score (nSPS) is 20.2. The van der Waals surface area contributed by atoms with Gasteiger partial charge in [-0.1, -0.05) is 0 Å². The van der Waals surface area contributed by atoms with E-state index in [2.05, 4.69) is 37.0 Å². The van der Waals surface area contributed by atoms with E-state index < -0.39 is 5.41 Å². The van der Waals surface area contributed by atoms with Gasteiger partial charge in [0, 0.05) is 47.8 Å². The lowest BCUT2D eigenvalue weighted by Gasteiger charge is -2.33. The number of halogens is 1. The molecule has 0 amide bonds. The zero-order valence-electron chi connectivity index (χ0n) is 8.86. The molecule has 16 heavy (non-hydrogen) atoms. The summed E-state index contributed by atoms with van der Waals surface area (Å²) in [6.07, 6.45) is 3.33. The molecule has 0 spiro atoms. The summed E-state index contributed by atoms with van der Waals surface area (Å²) in [6.45, 7) is 1.84. The average molecular weight is 328 g/mol. The first-order valence-electron chi connectivity index (χ1n) is 5.20. The van der Waals surface area contributed by atoms with Crippen molar-refractivity contribution in [3.8, 4) is 6.07 Å². The second kappa shape index (κ2) is 4.55. The van der Waals surface area contributed by atoms with Gasteiger partial charge >= 0.3 is 0 Å². The van der Waals surface area contributed by atoms with Crippen LogP contribution >= 0.6 is 22.9 Å². The maximum atomic E-state index is 9.42. The molecule has 0 radical (unpaired) electrons. The van der Waals surface area contributed by atoms with Crippen molar-refractivity contribution < 1.29 is 0 Å². The van der Waals surface area contributed by atoms with Crippen LogP contribution in [0, 0.1) is 11.3 Å². The molecular weight excluding hydrogens is 315 g/mol. The topological polar surface area (TPSA) is 65.9 Å². The van der Waals surface area contributed by atoms with Crippen LogP contribution in [0.1, 0.15) is 18.5 Å². The molecule has 1 aliphatic rings. The summed E-state index contributed by atoms with van der Waals surface area (Å²) >= 11 is 2.29. The molecule has 2 rings (SSSR count). The lowest BCUT2D eigenvalue weighted by atomic mass is 9.77. The first kappa shape index (κ1) is 11.6. The van der Waals surface area contributed by atoms with Gasteiger partial charge in [0.15, 0.2) is 0 Å². The first-order valence-corrected chi connectivity index (χ1v) is 6.17. The molecule has 0 unspecified atom stereocenters. The van der Waals surface area contributed by atoms with Gasteiger partial charge in [-0.3, -0.25) is 4.98 Å². The fourth-order valence-electron chi connectivity index (χ4n) is 1.99. The van der Waals surface area contributed by atoms with Crippen molar-refractivity contribution in [2.45, 2.75) is 18.3 Å². The molecule has 0 saturated carbocycles. The fourth-order valence-corrected chi connectivity index (χ4v) is 2.48. The highest BCUT2D eigenvalue weighted by Crippen LogP contribution is 2.35. The van der Waals surface area contributed by atoms with Crippen molar-refractivity contribution >= 4 is 28.6 Å². The number of piperidine rings is 1. The Bertz CT molecular complexity index is 418. The molecule has 4 nitrogen and oxygen atoms in total. The number of rotatable bonds is 1. The molecule has 1 saturated heterocycles. The third kappa shape index (κ3) is 2.13. The van der Waals surface area contributed by atoms with Crippen LogP contribution in [0.5, 0.6) is 0 Å². The van der Waals surface area contributed by atoms with Crippen LogP contribution in [0.3, 0.4) is 0 Å². The highest BCUT2D eigenvalue weighted by Gasteiger charge is 2.37. The van der Waals surface area contributed by atoms with Gasteiger partial charge in [-0.05, 0) is 25.0 Å². The molecular formula is C11H13IN4. The third-order valence-electron chi connectivity index (χ3n) is 3.05. The second-order valence-corrected chi connectivity index (χ2v) is 5.44. The Kier molecular flexibility index (Phi) is 3.30. The Balaban J connectivity index is 2.32. The number of hydrogen-bond donors (Lipinski definition) is 1. The number of aromatic nitrogens is 1. The number of anilines is 1. The fraction of sp³-hybridized carbons (Fsp3) is 0.455. The maximum Gasteiger partial charge on any atom is 0.102 e. The van der Waals surface area contributed by atoms with E-state index in [9.17, 15) is 5.26 Å². The molecule has 5 heteroatoms. The van der Waals surface area contributed by atoms with Gasteiger partial charge in [-0.2, -0.15) is 5.26 Å². The van der Waals surface area contributed by atoms with Crippen molar-refractivity contribution in [1.29, 1.82) is 5.26 Å². The van der Waals surface area contributed by atoms with E-state index in [1.165, 1.54) is 0 Å². The second-order valence-electron chi connectivity index (χ2n) is 4.08. The molecule has 0 atom stereocenters.